The molecule has 2 atom stereocenters. The lowest BCUT2D eigenvalue weighted by atomic mass is 10.1. The smallest absolute Gasteiger partial charge is 0.147 e. The first kappa shape index (κ1) is 16.2. The standard InChI is InChI=1S/C16H29N5/c1-12-10-21(11-14(12)20(5)6)15-9-17-7-13(19-15)8-18-16(2,3)4/h7,9,12,14,18H,8,10-11H2,1-6H3. The summed E-state index contributed by atoms with van der Waals surface area (Å²) >= 11 is 0. The normalized spacial score (nSPS) is 23.1. The first-order valence-electron chi connectivity index (χ1n) is 7.73. The molecule has 1 aromatic heterocycles. The zero-order valence-electron chi connectivity index (χ0n) is 14.2. The molecule has 1 N–H and O–H groups in total. The van der Waals surface area contributed by atoms with Crippen LogP contribution in [0.1, 0.15) is 33.4 Å². The fourth-order valence-corrected chi connectivity index (χ4v) is 2.80. The topological polar surface area (TPSA) is 44.3 Å². The van der Waals surface area contributed by atoms with Gasteiger partial charge in [-0.15, -0.1) is 0 Å². The molecule has 0 amide bonds. The summed E-state index contributed by atoms with van der Waals surface area (Å²) in [7, 11) is 4.31. The Kier molecular flexibility index (Phi) is 4.84. The average molecular weight is 291 g/mol. The number of rotatable bonds is 4. The SMILES string of the molecule is CC1CN(c2cncc(CNC(C)(C)C)n2)CC1N(C)C. The molecule has 1 aliphatic heterocycles. The van der Waals surface area contributed by atoms with Crippen LogP contribution in [-0.4, -0.2) is 53.6 Å². The maximum atomic E-state index is 4.77. The van der Waals surface area contributed by atoms with Crippen molar-refractivity contribution in [3.63, 3.8) is 0 Å². The molecule has 2 rings (SSSR count). The summed E-state index contributed by atoms with van der Waals surface area (Å²) in [6, 6.07) is 0.586. The Bertz CT molecular complexity index is 466. The fraction of sp³-hybridized carbons (Fsp3) is 0.750. The molecule has 21 heavy (non-hydrogen) atoms. The van der Waals surface area contributed by atoms with Crippen molar-refractivity contribution in [1.82, 2.24) is 20.2 Å². The molecule has 0 bridgehead atoms. The summed E-state index contributed by atoms with van der Waals surface area (Å²) in [6.45, 7) is 11.6. The maximum Gasteiger partial charge on any atom is 0.147 e. The van der Waals surface area contributed by atoms with E-state index in [1.54, 1.807) is 0 Å². The molecule has 2 unspecified atom stereocenters. The van der Waals surface area contributed by atoms with Crippen LogP contribution in [0.2, 0.25) is 0 Å². The number of nitrogens with zero attached hydrogens (tertiary/aromatic N) is 4. The molecule has 1 fully saturated rings. The van der Waals surface area contributed by atoms with Crippen LogP contribution in [0.4, 0.5) is 5.82 Å². The van der Waals surface area contributed by atoms with Crippen LogP contribution < -0.4 is 10.2 Å². The van der Waals surface area contributed by atoms with Crippen LogP contribution >= 0.6 is 0 Å². The van der Waals surface area contributed by atoms with Gasteiger partial charge >= 0.3 is 0 Å². The summed E-state index contributed by atoms with van der Waals surface area (Å²) in [5.74, 6) is 1.65. The third-order valence-electron chi connectivity index (χ3n) is 4.03. The van der Waals surface area contributed by atoms with E-state index in [2.05, 4.69) is 61.9 Å². The molecule has 0 aliphatic carbocycles. The van der Waals surface area contributed by atoms with E-state index >= 15 is 0 Å². The highest BCUT2D eigenvalue weighted by atomic mass is 15.3. The van der Waals surface area contributed by atoms with Crippen molar-refractivity contribution in [2.24, 2.45) is 5.92 Å². The van der Waals surface area contributed by atoms with E-state index in [4.69, 9.17) is 4.98 Å². The van der Waals surface area contributed by atoms with Gasteiger partial charge in [0.15, 0.2) is 0 Å². The molecule has 2 heterocycles. The van der Waals surface area contributed by atoms with Gasteiger partial charge in [0.1, 0.15) is 5.82 Å². The predicted octanol–water partition coefficient (Wildman–Crippen LogP) is 1.75. The van der Waals surface area contributed by atoms with Crippen LogP contribution in [-0.2, 0) is 6.54 Å². The molecule has 5 nitrogen and oxygen atoms in total. The molecule has 1 aliphatic rings. The first-order valence-corrected chi connectivity index (χ1v) is 7.73. The summed E-state index contributed by atoms with van der Waals surface area (Å²) in [6.07, 6.45) is 3.73. The zero-order valence-corrected chi connectivity index (χ0v) is 14.2. The van der Waals surface area contributed by atoms with E-state index in [1.807, 2.05) is 12.4 Å². The second-order valence-electron chi connectivity index (χ2n) is 7.39. The van der Waals surface area contributed by atoms with Crippen LogP contribution in [0, 0.1) is 5.92 Å². The Morgan fingerprint density at radius 1 is 1.29 bits per heavy atom. The van der Waals surface area contributed by atoms with Crippen molar-refractivity contribution < 1.29 is 0 Å². The number of anilines is 1. The fourth-order valence-electron chi connectivity index (χ4n) is 2.80. The van der Waals surface area contributed by atoms with Crippen LogP contribution in [0.5, 0.6) is 0 Å². The average Bonchev–Trinajstić information content (AvgIpc) is 2.78. The van der Waals surface area contributed by atoms with Crippen LogP contribution in [0.15, 0.2) is 12.4 Å². The number of hydrogen-bond acceptors (Lipinski definition) is 5. The van der Waals surface area contributed by atoms with Crippen molar-refractivity contribution in [2.45, 2.75) is 45.8 Å². The lowest BCUT2D eigenvalue weighted by molar-refractivity contribution is 0.266. The van der Waals surface area contributed by atoms with Gasteiger partial charge in [0, 0.05) is 37.4 Å². The lowest BCUT2D eigenvalue weighted by Gasteiger charge is -2.23. The predicted molar refractivity (Wildman–Crippen MR) is 87.5 cm³/mol. The number of nitrogens with one attached hydrogen (secondary N) is 1. The molecule has 1 aromatic rings. The second-order valence-corrected chi connectivity index (χ2v) is 7.39. The number of likely N-dealkylation sites (N-methyl/N-ethyl adjacent to an activating group) is 1. The molecule has 0 saturated carbocycles. The van der Waals surface area contributed by atoms with Gasteiger partial charge in [-0.05, 0) is 40.8 Å². The third-order valence-corrected chi connectivity index (χ3v) is 4.03. The highest BCUT2D eigenvalue weighted by Crippen LogP contribution is 2.24. The van der Waals surface area contributed by atoms with Gasteiger partial charge in [0.2, 0.25) is 0 Å². The van der Waals surface area contributed by atoms with E-state index in [0.29, 0.717) is 12.0 Å². The van der Waals surface area contributed by atoms with Crippen molar-refractivity contribution in [2.75, 3.05) is 32.1 Å². The van der Waals surface area contributed by atoms with Crippen molar-refractivity contribution in [3.8, 4) is 0 Å². The van der Waals surface area contributed by atoms with E-state index in [1.165, 1.54) is 0 Å². The minimum atomic E-state index is 0.0931. The highest BCUT2D eigenvalue weighted by Gasteiger charge is 2.31. The van der Waals surface area contributed by atoms with Gasteiger partial charge in [-0.1, -0.05) is 6.92 Å². The summed E-state index contributed by atoms with van der Waals surface area (Å²) < 4.78 is 0. The van der Waals surface area contributed by atoms with Crippen LogP contribution in [0.3, 0.4) is 0 Å². The van der Waals surface area contributed by atoms with E-state index in [-0.39, 0.29) is 5.54 Å². The monoisotopic (exact) mass is 291 g/mol. The Morgan fingerprint density at radius 3 is 2.57 bits per heavy atom. The summed E-state index contributed by atoms with van der Waals surface area (Å²) in [5, 5.41) is 3.46. The summed E-state index contributed by atoms with van der Waals surface area (Å²) in [4.78, 5) is 13.8. The third kappa shape index (κ3) is 4.38. The Morgan fingerprint density at radius 2 is 2.00 bits per heavy atom. The largest absolute Gasteiger partial charge is 0.353 e. The quantitative estimate of drug-likeness (QED) is 0.915. The van der Waals surface area contributed by atoms with Crippen LogP contribution in [0.25, 0.3) is 0 Å². The molecular formula is C16H29N5. The molecule has 5 heteroatoms. The van der Waals surface area contributed by atoms with Crippen molar-refractivity contribution >= 4 is 5.82 Å². The van der Waals surface area contributed by atoms with Gasteiger partial charge in [0.05, 0.1) is 11.9 Å². The van der Waals surface area contributed by atoms with Crippen molar-refractivity contribution in [3.05, 3.63) is 18.1 Å². The number of hydrogen-bond donors (Lipinski definition) is 1. The lowest BCUT2D eigenvalue weighted by Crippen LogP contribution is -2.35. The Balaban J connectivity index is 2.05. The van der Waals surface area contributed by atoms with Gasteiger partial charge in [0.25, 0.3) is 0 Å². The first-order chi connectivity index (χ1) is 9.76. The van der Waals surface area contributed by atoms with E-state index in [0.717, 1.165) is 31.1 Å². The minimum absolute atomic E-state index is 0.0931. The zero-order chi connectivity index (χ0) is 15.6. The molecule has 0 spiro atoms. The minimum Gasteiger partial charge on any atom is -0.353 e. The van der Waals surface area contributed by atoms with Gasteiger partial charge in [-0.25, -0.2) is 4.98 Å². The molecule has 0 radical (unpaired) electrons. The number of aromatic nitrogens is 2. The van der Waals surface area contributed by atoms with E-state index in [9.17, 15) is 0 Å². The van der Waals surface area contributed by atoms with E-state index < -0.39 is 0 Å². The van der Waals surface area contributed by atoms with Gasteiger partial charge in [-0.2, -0.15) is 0 Å². The molecule has 118 valence electrons. The van der Waals surface area contributed by atoms with Gasteiger partial charge < -0.3 is 15.1 Å². The molecule has 0 aromatic carbocycles. The Labute approximate surface area is 128 Å². The maximum absolute atomic E-state index is 4.77. The molecular weight excluding hydrogens is 262 g/mol. The second kappa shape index (κ2) is 6.28. The van der Waals surface area contributed by atoms with Gasteiger partial charge in [-0.3, -0.25) is 4.98 Å². The molecule has 1 saturated heterocycles. The Hall–Kier alpha value is -1.20. The summed E-state index contributed by atoms with van der Waals surface area (Å²) in [5.41, 5.74) is 1.10. The van der Waals surface area contributed by atoms with Crippen molar-refractivity contribution in [1.29, 1.82) is 0 Å². The highest BCUT2D eigenvalue weighted by molar-refractivity contribution is 5.38.